The van der Waals surface area contributed by atoms with Crippen molar-refractivity contribution in [3.8, 4) is 0 Å². The summed E-state index contributed by atoms with van der Waals surface area (Å²) in [6, 6.07) is 0.0865. The summed E-state index contributed by atoms with van der Waals surface area (Å²) in [6.45, 7) is 10.7. The van der Waals surface area contributed by atoms with Crippen LogP contribution in [0.15, 0.2) is 4.52 Å². The number of likely N-dealkylation sites (tertiary alicyclic amines) is 1. The average molecular weight is 348 g/mol. The van der Waals surface area contributed by atoms with Crippen molar-refractivity contribution in [1.82, 2.24) is 20.4 Å². The molecular formula is C18H28N4O3. The smallest absolute Gasteiger partial charge is 0.235 e. The lowest BCUT2D eigenvalue weighted by molar-refractivity contribution is -0.134. The number of hydrogen-bond donors (Lipinski definition) is 1. The summed E-state index contributed by atoms with van der Waals surface area (Å²) in [5, 5.41) is 7.10. The normalized spacial score (nSPS) is 28.7. The van der Waals surface area contributed by atoms with Gasteiger partial charge in [-0.2, -0.15) is 4.98 Å². The van der Waals surface area contributed by atoms with E-state index in [1.807, 2.05) is 32.6 Å². The van der Waals surface area contributed by atoms with Gasteiger partial charge in [-0.05, 0) is 25.7 Å². The van der Waals surface area contributed by atoms with E-state index < -0.39 is 0 Å². The molecule has 3 rings (SSSR count). The van der Waals surface area contributed by atoms with E-state index in [9.17, 15) is 9.59 Å². The fourth-order valence-corrected chi connectivity index (χ4v) is 4.21. The number of hydrogen-bond acceptors (Lipinski definition) is 5. The Balaban J connectivity index is 1.85. The molecule has 7 nitrogen and oxygen atoms in total. The highest BCUT2D eigenvalue weighted by atomic mass is 16.5. The van der Waals surface area contributed by atoms with Gasteiger partial charge in [0, 0.05) is 31.0 Å². The molecule has 1 saturated heterocycles. The van der Waals surface area contributed by atoms with Crippen LogP contribution in [0.3, 0.4) is 0 Å². The average Bonchev–Trinajstić information content (AvgIpc) is 3.18. The van der Waals surface area contributed by atoms with E-state index in [2.05, 4.69) is 15.5 Å². The molecule has 0 radical (unpaired) electrons. The van der Waals surface area contributed by atoms with Crippen molar-refractivity contribution in [3.63, 3.8) is 0 Å². The van der Waals surface area contributed by atoms with Gasteiger partial charge in [-0.3, -0.25) is 9.59 Å². The first kappa shape index (κ1) is 17.9. The minimum absolute atomic E-state index is 0.0308. The second kappa shape index (κ2) is 6.42. The van der Waals surface area contributed by atoms with Crippen LogP contribution in [0, 0.1) is 24.7 Å². The Morgan fingerprint density at radius 1 is 1.28 bits per heavy atom. The number of aromatic nitrogens is 2. The zero-order valence-electron chi connectivity index (χ0n) is 15.7. The quantitative estimate of drug-likeness (QED) is 0.894. The summed E-state index contributed by atoms with van der Waals surface area (Å²) < 4.78 is 5.53. The Labute approximate surface area is 148 Å². The van der Waals surface area contributed by atoms with Gasteiger partial charge < -0.3 is 14.7 Å². The minimum Gasteiger partial charge on any atom is -0.353 e. The Morgan fingerprint density at radius 3 is 2.56 bits per heavy atom. The Morgan fingerprint density at radius 2 is 2.00 bits per heavy atom. The van der Waals surface area contributed by atoms with E-state index in [1.54, 1.807) is 6.92 Å². The fraction of sp³-hybridized carbons (Fsp3) is 0.778. The molecule has 1 aromatic rings. The lowest BCUT2D eigenvalue weighted by Gasteiger charge is -2.26. The predicted molar refractivity (Wildman–Crippen MR) is 91.6 cm³/mol. The monoisotopic (exact) mass is 348 g/mol. The molecular weight excluding hydrogens is 320 g/mol. The molecule has 7 heteroatoms. The standard InChI is InChI=1S/C18H28N4O3/c1-10(2)15(23)20-14-6-13-8-22(16(24)11(3)4)9-18(13,7-14)17-19-12(5)21-25-17/h10-11,13-14H,6-9H2,1-5H3,(H,20,23)/t13-,14+,18-/m0/s1. The summed E-state index contributed by atoms with van der Waals surface area (Å²) in [5.41, 5.74) is -0.346. The Kier molecular flexibility index (Phi) is 4.60. The highest BCUT2D eigenvalue weighted by Crippen LogP contribution is 2.50. The number of carbonyl (C=O) groups is 2. The molecule has 0 aromatic carbocycles. The maximum absolute atomic E-state index is 12.5. The van der Waals surface area contributed by atoms with Gasteiger partial charge in [0.1, 0.15) is 0 Å². The van der Waals surface area contributed by atoms with Crippen molar-refractivity contribution in [2.45, 2.75) is 58.9 Å². The van der Waals surface area contributed by atoms with Crippen molar-refractivity contribution in [3.05, 3.63) is 11.7 Å². The topological polar surface area (TPSA) is 88.3 Å². The lowest BCUT2D eigenvalue weighted by Crippen LogP contribution is -2.41. The van der Waals surface area contributed by atoms with Crippen molar-refractivity contribution in [2.75, 3.05) is 13.1 Å². The summed E-state index contributed by atoms with van der Waals surface area (Å²) in [4.78, 5) is 31.0. The third-order valence-corrected chi connectivity index (χ3v) is 5.50. The van der Waals surface area contributed by atoms with Crippen molar-refractivity contribution in [1.29, 1.82) is 0 Å². The summed E-state index contributed by atoms with van der Waals surface area (Å²) in [5.74, 6) is 1.59. The fourth-order valence-electron chi connectivity index (χ4n) is 4.21. The molecule has 2 fully saturated rings. The largest absolute Gasteiger partial charge is 0.353 e. The van der Waals surface area contributed by atoms with Gasteiger partial charge in [-0.25, -0.2) is 0 Å². The number of fused-ring (bicyclic) bond motifs is 1. The molecule has 1 aliphatic heterocycles. The SMILES string of the molecule is Cc1noc([C@]23C[C@H](NC(=O)C(C)C)C[C@H]2CN(C(=O)C(C)C)C3)n1. The van der Waals surface area contributed by atoms with Gasteiger partial charge in [0.15, 0.2) is 5.82 Å². The van der Waals surface area contributed by atoms with Crippen molar-refractivity contribution >= 4 is 11.8 Å². The van der Waals surface area contributed by atoms with Crippen molar-refractivity contribution in [2.24, 2.45) is 17.8 Å². The minimum atomic E-state index is -0.346. The van der Waals surface area contributed by atoms with E-state index in [1.165, 1.54) is 0 Å². The second-order valence-electron chi connectivity index (χ2n) is 8.17. The molecule has 138 valence electrons. The molecule has 2 amide bonds. The number of nitrogens with one attached hydrogen (secondary N) is 1. The summed E-state index contributed by atoms with van der Waals surface area (Å²) in [7, 11) is 0. The van der Waals surface area contributed by atoms with Gasteiger partial charge in [0.2, 0.25) is 17.7 Å². The Bertz CT molecular complexity index is 669. The van der Waals surface area contributed by atoms with Gasteiger partial charge in [0.05, 0.1) is 5.41 Å². The highest BCUT2D eigenvalue weighted by Gasteiger charge is 2.58. The molecule has 0 spiro atoms. The maximum atomic E-state index is 12.5. The van der Waals surface area contributed by atoms with Gasteiger partial charge in [-0.1, -0.05) is 32.9 Å². The zero-order chi connectivity index (χ0) is 18.4. The van der Waals surface area contributed by atoms with E-state index in [0.29, 0.717) is 24.8 Å². The number of aryl methyl sites for hydroxylation is 1. The van der Waals surface area contributed by atoms with Crippen LogP contribution in [0.5, 0.6) is 0 Å². The molecule has 0 unspecified atom stereocenters. The molecule has 0 bridgehead atoms. The molecule has 1 aromatic heterocycles. The van der Waals surface area contributed by atoms with E-state index in [0.717, 1.165) is 12.8 Å². The molecule has 1 N–H and O–H groups in total. The van der Waals surface area contributed by atoms with Crippen LogP contribution in [0.4, 0.5) is 0 Å². The molecule has 25 heavy (non-hydrogen) atoms. The van der Waals surface area contributed by atoms with Gasteiger partial charge in [0.25, 0.3) is 0 Å². The molecule has 2 aliphatic rings. The molecule has 2 heterocycles. The highest BCUT2D eigenvalue weighted by molar-refractivity contribution is 5.79. The summed E-state index contributed by atoms with van der Waals surface area (Å²) >= 11 is 0. The van der Waals surface area contributed by atoms with Crippen LogP contribution >= 0.6 is 0 Å². The number of amides is 2. The number of carbonyl (C=O) groups excluding carboxylic acids is 2. The second-order valence-corrected chi connectivity index (χ2v) is 8.17. The first-order valence-corrected chi connectivity index (χ1v) is 9.13. The molecule has 1 aliphatic carbocycles. The lowest BCUT2D eigenvalue weighted by atomic mass is 9.80. The van der Waals surface area contributed by atoms with Crippen LogP contribution in [0.25, 0.3) is 0 Å². The number of nitrogens with zero attached hydrogens (tertiary/aromatic N) is 3. The third kappa shape index (κ3) is 3.16. The molecule has 1 saturated carbocycles. The third-order valence-electron chi connectivity index (χ3n) is 5.50. The van der Waals surface area contributed by atoms with Crippen LogP contribution in [-0.2, 0) is 15.0 Å². The first-order valence-electron chi connectivity index (χ1n) is 9.13. The van der Waals surface area contributed by atoms with Crippen LogP contribution in [0.1, 0.15) is 52.3 Å². The molecule has 3 atom stereocenters. The van der Waals surface area contributed by atoms with Gasteiger partial charge in [-0.15, -0.1) is 0 Å². The van der Waals surface area contributed by atoms with Crippen molar-refractivity contribution < 1.29 is 14.1 Å². The predicted octanol–water partition coefficient (Wildman–Crippen LogP) is 1.66. The maximum Gasteiger partial charge on any atom is 0.235 e. The van der Waals surface area contributed by atoms with E-state index in [-0.39, 0.29) is 41.0 Å². The van der Waals surface area contributed by atoms with Crippen LogP contribution < -0.4 is 5.32 Å². The van der Waals surface area contributed by atoms with Gasteiger partial charge >= 0.3 is 0 Å². The van der Waals surface area contributed by atoms with Crippen LogP contribution in [-0.4, -0.2) is 46.0 Å². The van der Waals surface area contributed by atoms with E-state index >= 15 is 0 Å². The van der Waals surface area contributed by atoms with E-state index in [4.69, 9.17) is 4.52 Å². The first-order chi connectivity index (χ1) is 11.7. The zero-order valence-corrected chi connectivity index (χ0v) is 15.7. The summed E-state index contributed by atoms with van der Waals surface area (Å²) in [6.07, 6.45) is 1.57. The van der Waals surface area contributed by atoms with Crippen LogP contribution in [0.2, 0.25) is 0 Å². The number of rotatable bonds is 4. The Hall–Kier alpha value is -1.92.